The van der Waals surface area contributed by atoms with Gasteiger partial charge in [0.05, 0.1) is 17.6 Å². The van der Waals surface area contributed by atoms with E-state index in [1.807, 2.05) is 11.5 Å². The average molecular weight is 295 g/mol. The van der Waals surface area contributed by atoms with E-state index in [-0.39, 0.29) is 10.7 Å². The molecular formula is C12H17N5O2S. The molecule has 108 valence electrons. The lowest BCUT2D eigenvalue weighted by molar-refractivity contribution is 0.597. The third-order valence-electron chi connectivity index (χ3n) is 2.79. The fourth-order valence-electron chi connectivity index (χ4n) is 1.77. The smallest absolute Gasteiger partial charge is 0.281 e. The second kappa shape index (κ2) is 5.49. The Morgan fingerprint density at radius 3 is 2.85 bits per heavy atom. The van der Waals surface area contributed by atoms with Crippen molar-refractivity contribution in [1.82, 2.24) is 14.5 Å². The first kappa shape index (κ1) is 14.3. The molecule has 3 N–H and O–H groups in total. The maximum atomic E-state index is 12.3. The number of pyridine rings is 1. The van der Waals surface area contributed by atoms with Crippen molar-refractivity contribution in [2.45, 2.75) is 31.8 Å². The van der Waals surface area contributed by atoms with Gasteiger partial charge in [0.25, 0.3) is 10.0 Å². The number of aromatic nitrogens is 3. The molecule has 0 saturated heterocycles. The van der Waals surface area contributed by atoms with Gasteiger partial charge in [-0.05, 0) is 19.4 Å². The molecule has 7 nitrogen and oxygen atoms in total. The molecule has 0 saturated carbocycles. The van der Waals surface area contributed by atoms with Gasteiger partial charge in [0.2, 0.25) is 0 Å². The molecule has 0 aliphatic carbocycles. The first-order valence-electron chi connectivity index (χ1n) is 6.20. The summed E-state index contributed by atoms with van der Waals surface area (Å²) in [6.45, 7) is 4.52. The van der Waals surface area contributed by atoms with Gasteiger partial charge in [-0.15, -0.1) is 0 Å². The number of nitrogen functional groups attached to an aromatic ring is 1. The van der Waals surface area contributed by atoms with E-state index in [0.717, 1.165) is 13.0 Å². The van der Waals surface area contributed by atoms with Gasteiger partial charge in [0, 0.05) is 18.9 Å². The standard InChI is InChI=1S/C12H17N5O2S/c1-3-6-17-8-12(15-9(17)2)20(18,19)16-11-4-5-14-7-10(11)13/h4-5,7-8H,3,6,13H2,1-2H3,(H,14,16). The number of aryl methyl sites for hydroxylation is 2. The predicted octanol–water partition coefficient (Wildman–Crippen LogP) is 1.38. The van der Waals surface area contributed by atoms with Crippen LogP contribution in [0.2, 0.25) is 0 Å². The lowest BCUT2D eigenvalue weighted by atomic mass is 10.4. The van der Waals surface area contributed by atoms with Gasteiger partial charge in [-0.2, -0.15) is 8.42 Å². The maximum Gasteiger partial charge on any atom is 0.281 e. The zero-order valence-corrected chi connectivity index (χ0v) is 12.2. The van der Waals surface area contributed by atoms with Crippen molar-refractivity contribution in [2.75, 3.05) is 10.5 Å². The van der Waals surface area contributed by atoms with Gasteiger partial charge in [-0.3, -0.25) is 9.71 Å². The fraction of sp³-hybridized carbons (Fsp3) is 0.333. The Morgan fingerprint density at radius 1 is 1.45 bits per heavy atom. The summed E-state index contributed by atoms with van der Waals surface area (Å²) in [5.74, 6) is 0.662. The number of hydrogen-bond donors (Lipinski definition) is 2. The summed E-state index contributed by atoms with van der Waals surface area (Å²) in [5.41, 5.74) is 6.23. The minimum absolute atomic E-state index is 0.0142. The normalized spacial score (nSPS) is 11.5. The van der Waals surface area contributed by atoms with Gasteiger partial charge in [-0.1, -0.05) is 6.92 Å². The van der Waals surface area contributed by atoms with Crippen molar-refractivity contribution in [2.24, 2.45) is 0 Å². The highest BCUT2D eigenvalue weighted by Gasteiger charge is 2.20. The number of nitrogens with two attached hydrogens (primary N) is 1. The van der Waals surface area contributed by atoms with Crippen LogP contribution in [0.4, 0.5) is 11.4 Å². The van der Waals surface area contributed by atoms with Crippen LogP contribution in [0.5, 0.6) is 0 Å². The van der Waals surface area contributed by atoms with Crippen LogP contribution in [-0.4, -0.2) is 23.0 Å². The van der Waals surface area contributed by atoms with Crippen LogP contribution < -0.4 is 10.5 Å². The van der Waals surface area contributed by atoms with E-state index in [4.69, 9.17) is 5.73 Å². The van der Waals surface area contributed by atoms with Crippen molar-refractivity contribution in [3.8, 4) is 0 Å². The Kier molecular flexibility index (Phi) is 3.93. The van der Waals surface area contributed by atoms with Crippen molar-refractivity contribution in [3.05, 3.63) is 30.5 Å². The molecule has 2 aromatic rings. The number of rotatable bonds is 5. The topological polar surface area (TPSA) is 103 Å². The number of anilines is 2. The van der Waals surface area contributed by atoms with Gasteiger partial charge in [0.15, 0.2) is 5.03 Å². The highest BCUT2D eigenvalue weighted by atomic mass is 32.2. The van der Waals surface area contributed by atoms with E-state index in [0.29, 0.717) is 11.5 Å². The summed E-state index contributed by atoms with van der Waals surface area (Å²) in [6.07, 6.45) is 5.29. The lowest BCUT2D eigenvalue weighted by Gasteiger charge is -2.07. The Balaban J connectivity index is 2.31. The molecule has 8 heteroatoms. The molecule has 2 aromatic heterocycles. The predicted molar refractivity (Wildman–Crippen MR) is 76.7 cm³/mol. The highest BCUT2D eigenvalue weighted by molar-refractivity contribution is 7.92. The maximum absolute atomic E-state index is 12.3. The largest absolute Gasteiger partial charge is 0.396 e. The van der Waals surface area contributed by atoms with Gasteiger partial charge < -0.3 is 10.3 Å². The first-order valence-corrected chi connectivity index (χ1v) is 7.68. The first-order chi connectivity index (χ1) is 9.44. The molecule has 0 spiro atoms. The van der Waals surface area contributed by atoms with Crippen LogP contribution in [0.1, 0.15) is 19.2 Å². The number of imidazole rings is 1. The molecule has 2 heterocycles. The van der Waals surface area contributed by atoms with Crippen molar-refractivity contribution in [3.63, 3.8) is 0 Å². The third-order valence-corrected chi connectivity index (χ3v) is 4.03. The van der Waals surface area contributed by atoms with Gasteiger partial charge in [0.1, 0.15) is 5.82 Å². The minimum atomic E-state index is -3.75. The molecule has 2 rings (SSSR count). The van der Waals surface area contributed by atoms with E-state index in [1.54, 1.807) is 6.92 Å². The molecule has 20 heavy (non-hydrogen) atoms. The molecular weight excluding hydrogens is 278 g/mol. The summed E-state index contributed by atoms with van der Waals surface area (Å²) < 4.78 is 28.7. The van der Waals surface area contributed by atoms with E-state index in [2.05, 4.69) is 14.7 Å². The summed E-state index contributed by atoms with van der Waals surface area (Å²) in [6, 6.07) is 1.50. The van der Waals surface area contributed by atoms with Crippen LogP contribution >= 0.6 is 0 Å². The Labute approximate surface area is 117 Å². The molecule has 0 aliphatic rings. The summed E-state index contributed by atoms with van der Waals surface area (Å²) in [7, 11) is -3.75. The zero-order chi connectivity index (χ0) is 14.8. The van der Waals surface area contributed by atoms with Crippen molar-refractivity contribution in [1.29, 1.82) is 0 Å². The molecule has 0 aromatic carbocycles. The molecule has 0 amide bonds. The summed E-state index contributed by atoms with van der Waals surface area (Å²) in [5, 5.41) is -0.0142. The van der Waals surface area contributed by atoms with Crippen molar-refractivity contribution < 1.29 is 8.42 Å². The average Bonchev–Trinajstić information content (AvgIpc) is 2.75. The summed E-state index contributed by atoms with van der Waals surface area (Å²) in [4.78, 5) is 7.89. The van der Waals surface area contributed by atoms with Gasteiger partial charge >= 0.3 is 0 Å². The molecule has 0 aliphatic heterocycles. The number of sulfonamides is 1. The third kappa shape index (κ3) is 2.90. The Hall–Kier alpha value is -2.09. The van der Waals surface area contributed by atoms with Crippen LogP contribution in [0.3, 0.4) is 0 Å². The number of nitrogens with zero attached hydrogens (tertiary/aromatic N) is 3. The molecule has 0 bridgehead atoms. The highest BCUT2D eigenvalue weighted by Crippen LogP contribution is 2.20. The molecule has 0 radical (unpaired) electrons. The van der Waals surface area contributed by atoms with E-state index < -0.39 is 10.0 Å². The molecule has 0 fully saturated rings. The van der Waals surface area contributed by atoms with E-state index in [9.17, 15) is 8.42 Å². The SMILES string of the molecule is CCCn1cc(S(=O)(=O)Nc2ccncc2N)nc1C. The van der Waals surface area contributed by atoms with Crippen LogP contribution in [0.15, 0.2) is 29.7 Å². The lowest BCUT2D eigenvalue weighted by Crippen LogP contribution is -2.14. The molecule has 0 atom stereocenters. The summed E-state index contributed by atoms with van der Waals surface area (Å²) >= 11 is 0. The molecule has 0 unspecified atom stereocenters. The minimum Gasteiger partial charge on any atom is -0.396 e. The van der Waals surface area contributed by atoms with Crippen LogP contribution in [-0.2, 0) is 16.6 Å². The van der Waals surface area contributed by atoms with Gasteiger partial charge in [-0.25, -0.2) is 4.98 Å². The Morgan fingerprint density at radius 2 is 2.20 bits per heavy atom. The fourth-order valence-corrected chi connectivity index (χ4v) is 2.87. The zero-order valence-electron chi connectivity index (χ0n) is 11.4. The van der Waals surface area contributed by atoms with Crippen LogP contribution in [0, 0.1) is 6.92 Å². The second-order valence-electron chi connectivity index (χ2n) is 4.39. The monoisotopic (exact) mass is 295 g/mol. The Bertz CT molecular complexity index is 708. The van der Waals surface area contributed by atoms with E-state index in [1.165, 1.54) is 24.7 Å². The van der Waals surface area contributed by atoms with E-state index >= 15 is 0 Å². The van der Waals surface area contributed by atoms with Crippen molar-refractivity contribution >= 4 is 21.4 Å². The number of nitrogens with one attached hydrogen (secondary N) is 1. The second-order valence-corrected chi connectivity index (χ2v) is 6.02. The quantitative estimate of drug-likeness (QED) is 0.867. The number of hydrogen-bond acceptors (Lipinski definition) is 5. The van der Waals surface area contributed by atoms with Crippen LogP contribution in [0.25, 0.3) is 0 Å².